The van der Waals surface area contributed by atoms with Crippen molar-refractivity contribution in [3.63, 3.8) is 0 Å². The summed E-state index contributed by atoms with van der Waals surface area (Å²) in [6.45, 7) is 8.35. The lowest BCUT2D eigenvalue weighted by Crippen LogP contribution is -2.26. The molecule has 0 aromatic heterocycles. The summed E-state index contributed by atoms with van der Waals surface area (Å²) in [5.74, 6) is 1.50. The van der Waals surface area contributed by atoms with Gasteiger partial charge in [-0.3, -0.25) is 4.90 Å². The van der Waals surface area contributed by atoms with Crippen molar-refractivity contribution in [3.8, 4) is 5.75 Å². The van der Waals surface area contributed by atoms with E-state index < -0.39 is 0 Å². The molecule has 1 saturated heterocycles. The molecule has 1 aliphatic rings. The molecule has 1 unspecified atom stereocenters. The molecule has 1 N–H and O–H groups in total. The fraction of sp³-hybridized carbons (Fsp3) is 0.429. The summed E-state index contributed by atoms with van der Waals surface area (Å²) in [6, 6.07) is 19.5. The van der Waals surface area contributed by atoms with Gasteiger partial charge >= 0.3 is 0 Å². The van der Waals surface area contributed by atoms with Gasteiger partial charge in [-0.25, -0.2) is 0 Å². The van der Waals surface area contributed by atoms with E-state index in [-0.39, 0.29) is 0 Å². The highest BCUT2D eigenvalue weighted by Gasteiger charge is 2.23. The molecule has 24 heavy (non-hydrogen) atoms. The van der Waals surface area contributed by atoms with E-state index in [1.165, 1.54) is 12.0 Å². The summed E-state index contributed by atoms with van der Waals surface area (Å²) >= 11 is 0. The molecule has 1 atom stereocenters. The maximum atomic E-state index is 5.96. The second-order valence-electron chi connectivity index (χ2n) is 7.05. The number of benzene rings is 2. The number of nitrogens with zero attached hydrogens (tertiary/aromatic N) is 1. The summed E-state index contributed by atoms with van der Waals surface area (Å²) in [5, 5.41) is 3.68. The molecule has 1 fully saturated rings. The summed E-state index contributed by atoms with van der Waals surface area (Å²) in [7, 11) is 0. The summed E-state index contributed by atoms with van der Waals surface area (Å²) in [6.07, 6.45) is 1.17. The smallest absolute Gasteiger partial charge is 0.142 e. The second-order valence-corrected chi connectivity index (χ2v) is 7.05. The van der Waals surface area contributed by atoms with Crippen LogP contribution in [0.25, 0.3) is 0 Å². The van der Waals surface area contributed by atoms with Crippen molar-refractivity contribution in [2.75, 3.05) is 25.0 Å². The minimum Gasteiger partial charge on any atom is -0.491 e. The maximum Gasteiger partial charge on any atom is 0.142 e. The van der Waals surface area contributed by atoms with Gasteiger partial charge in [-0.05, 0) is 30.0 Å². The Morgan fingerprint density at radius 3 is 2.62 bits per heavy atom. The van der Waals surface area contributed by atoms with Crippen molar-refractivity contribution < 1.29 is 4.74 Å². The molecule has 2 aromatic carbocycles. The number of likely N-dealkylation sites (tertiary alicyclic amines) is 1. The fourth-order valence-electron chi connectivity index (χ4n) is 3.12. The molecule has 0 radical (unpaired) electrons. The largest absolute Gasteiger partial charge is 0.491 e. The number of hydrogen-bond donors (Lipinski definition) is 1. The predicted octanol–water partition coefficient (Wildman–Crippen LogP) is 4.41. The van der Waals surface area contributed by atoms with Crippen molar-refractivity contribution in [2.24, 2.45) is 5.92 Å². The Kier molecular flexibility index (Phi) is 5.76. The highest BCUT2D eigenvalue weighted by molar-refractivity contribution is 5.56. The van der Waals surface area contributed by atoms with Gasteiger partial charge < -0.3 is 10.1 Å². The quantitative estimate of drug-likeness (QED) is 0.816. The van der Waals surface area contributed by atoms with E-state index in [1.54, 1.807) is 0 Å². The van der Waals surface area contributed by atoms with Crippen LogP contribution in [0, 0.1) is 5.92 Å². The molecule has 0 saturated carbocycles. The van der Waals surface area contributed by atoms with Crippen LogP contribution >= 0.6 is 0 Å². The van der Waals surface area contributed by atoms with Gasteiger partial charge in [-0.1, -0.05) is 56.3 Å². The van der Waals surface area contributed by atoms with Gasteiger partial charge in [0.05, 0.1) is 12.3 Å². The molecule has 3 nitrogen and oxygen atoms in total. The third-order valence-corrected chi connectivity index (χ3v) is 4.34. The third kappa shape index (κ3) is 4.75. The van der Waals surface area contributed by atoms with Crippen LogP contribution in [-0.2, 0) is 6.54 Å². The van der Waals surface area contributed by atoms with E-state index >= 15 is 0 Å². The van der Waals surface area contributed by atoms with Gasteiger partial charge in [0.15, 0.2) is 0 Å². The van der Waals surface area contributed by atoms with Crippen molar-refractivity contribution in [1.29, 1.82) is 0 Å². The molecule has 3 rings (SSSR count). The molecule has 1 aliphatic heterocycles. The van der Waals surface area contributed by atoms with Crippen LogP contribution < -0.4 is 10.1 Å². The van der Waals surface area contributed by atoms with Gasteiger partial charge in [0.1, 0.15) is 5.75 Å². The number of hydrogen-bond acceptors (Lipinski definition) is 3. The zero-order valence-electron chi connectivity index (χ0n) is 14.7. The highest BCUT2D eigenvalue weighted by atomic mass is 16.5. The first-order valence-electron chi connectivity index (χ1n) is 8.95. The Labute approximate surface area is 145 Å². The predicted molar refractivity (Wildman–Crippen MR) is 101 cm³/mol. The monoisotopic (exact) mass is 324 g/mol. The highest BCUT2D eigenvalue weighted by Crippen LogP contribution is 2.27. The Bertz CT molecular complexity index is 627. The van der Waals surface area contributed by atoms with Gasteiger partial charge in [-0.2, -0.15) is 0 Å². The minimum absolute atomic E-state index is 0.484. The molecule has 128 valence electrons. The van der Waals surface area contributed by atoms with Crippen molar-refractivity contribution >= 4 is 5.69 Å². The van der Waals surface area contributed by atoms with Gasteiger partial charge in [0.25, 0.3) is 0 Å². The van der Waals surface area contributed by atoms with E-state index in [0.29, 0.717) is 12.0 Å². The van der Waals surface area contributed by atoms with E-state index in [0.717, 1.165) is 37.7 Å². The molecule has 0 aliphatic carbocycles. The molecule has 3 heteroatoms. The molecular formula is C21H28N2O. The van der Waals surface area contributed by atoms with Crippen LogP contribution in [0.1, 0.15) is 25.8 Å². The zero-order valence-corrected chi connectivity index (χ0v) is 14.7. The average molecular weight is 324 g/mol. The van der Waals surface area contributed by atoms with E-state index in [1.807, 2.05) is 6.07 Å². The molecular weight excluding hydrogens is 296 g/mol. The number of anilines is 1. The SMILES string of the molecule is CC(C)COc1ccccc1NC1CCN(Cc2ccccc2)C1. The number of para-hydroxylation sites is 2. The van der Waals surface area contributed by atoms with Crippen LogP contribution in [0.3, 0.4) is 0 Å². The first kappa shape index (κ1) is 16.8. The molecule has 0 bridgehead atoms. The van der Waals surface area contributed by atoms with Crippen molar-refractivity contribution in [1.82, 2.24) is 4.90 Å². The normalized spacial score (nSPS) is 18.0. The molecule has 2 aromatic rings. The zero-order chi connectivity index (χ0) is 16.8. The fourth-order valence-corrected chi connectivity index (χ4v) is 3.12. The van der Waals surface area contributed by atoms with Gasteiger partial charge in [0.2, 0.25) is 0 Å². The van der Waals surface area contributed by atoms with Crippen molar-refractivity contribution in [3.05, 3.63) is 60.2 Å². The van der Waals surface area contributed by atoms with Crippen LogP contribution in [-0.4, -0.2) is 30.6 Å². The number of ether oxygens (including phenoxy) is 1. The first-order chi connectivity index (χ1) is 11.7. The average Bonchev–Trinajstić information content (AvgIpc) is 3.02. The van der Waals surface area contributed by atoms with Crippen LogP contribution in [0.5, 0.6) is 5.75 Å². The van der Waals surface area contributed by atoms with Crippen LogP contribution in [0.2, 0.25) is 0 Å². The second kappa shape index (κ2) is 8.20. The molecule has 1 heterocycles. The maximum absolute atomic E-state index is 5.96. The lowest BCUT2D eigenvalue weighted by atomic mass is 10.2. The van der Waals surface area contributed by atoms with E-state index in [9.17, 15) is 0 Å². The van der Waals surface area contributed by atoms with Gasteiger partial charge in [-0.15, -0.1) is 0 Å². The summed E-state index contributed by atoms with van der Waals surface area (Å²) in [5.41, 5.74) is 2.50. The Morgan fingerprint density at radius 2 is 1.83 bits per heavy atom. The molecule has 0 amide bonds. The molecule has 0 spiro atoms. The number of nitrogens with one attached hydrogen (secondary N) is 1. The van der Waals surface area contributed by atoms with Crippen LogP contribution in [0.4, 0.5) is 5.69 Å². The first-order valence-corrected chi connectivity index (χ1v) is 8.95. The lowest BCUT2D eigenvalue weighted by Gasteiger charge is -2.19. The van der Waals surface area contributed by atoms with E-state index in [4.69, 9.17) is 4.74 Å². The number of rotatable bonds is 7. The third-order valence-electron chi connectivity index (χ3n) is 4.34. The topological polar surface area (TPSA) is 24.5 Å². The minimum atomic E-state index is 0.484. The van der Waals surface area contributed by atoms with Gasteiger partial charge in [0, 0.05) is 25.7 Å². The Morgan fingerprint density at radius 1 is 1.08 bits per heavy atom. The summed E-state index contributed by atoms with van der Waals surface area (Å²) in [4.78, 5) is 2.52. The lowest BCUT2D eigenvalue weighted by molar-refractivity contribution is 0.272. The Hall–Kier alpha value is -2.00. The Balaban J connectivity index is 1.55. The van der Waals surface area contributed by atoms with Crippen molar-refractivity contribution in [2.45, 2.75) is 32.9 Å². The van der Waals surface area contributed by atoms with E-state index in [2.05, 4.69) is 72.6 Å². The van der Waals surface area contributed by atoms with Crippen LogP contribution in [0.15, 0.2) is 54.6 Å². The summed E-state index contributed by atoms with van der Waals surface area (Å²) < 4.78 is 5.96. The standard InChI is InChI=1S/C21H28N2O/c1-17(2)16-24-21-11-7-6-10-20(21)22-19-12-13-23(15-19)14-18-8-4-3-5-9-18/h3-11,17,19,22H,12-16H2,1-2H3.